The van der Waals surface area contributed by atoms with Crippen LogP contribution in [-0.2, 0) is 0 Å². The number of rotatable bonds is 7. The second-order valence-electron chi connectivity index (χ2n) is 6.30. The number of hydrogen-bond donors (Lipinski definition) is 1. The highest BCUT2D eigenvalue weighted by atomic mass is 15.2. The van der Waals surface area contributed by atoms with Gasteiger partial charge in [0.1, 0.15) is 0 Å². The van der Waals surface area contributed by atoms with E-state index in [9.17, 15) is 0 Å². The maximum absolute atomic E-state index is 3.52. The van der Waals surface area contributed by atoms with Gasteiger partial charge in [0, 0.05) is 18.6 Å². The highest BCUT2D eigenvalue weighted by molar-refractivity contribution is 5.25. The summed E-state index contributed by atoms with van der Waals surface area (Å²) in [4.78, 5) is 2.64. The van der Waals surface area contributed by atoms with Crippen molar-refractivity contribution in [3.63, 3.8) is 0 Å². The molecule has 2 unspecified atom stereocenters. The van der Waals surface area contributed by atoms with Crippen LogP contribution in [0.4, 0.5) is 0 Å². The fourth-order valence-corrected chi connectivity index (χ4v) is 3.26. The molecular weight excluding hydrogens is 244 g/mol. The van der Waals surface area contributed by atoms with Crippen LogP contribution < -0.4 is 5.32 Å². The second kappa shape index (κ2) is 7.24. The molecule has 0 amide bonds. The summed E-state index contributed by atoms with van der Waals surface area (Å²) in [6.07, 6.45) is 4.29. The van der Waals surface area contributed by atoms with Crippen molar-refractivity contribution in [3.05, 3.63) is 35.4 Å². The van der Waals surface area contributed by atoms with E-state index in [0.29, 0.717) is 12.1 Å². The van der Waals surface area contributed by atoms with Crippen molar-refractivity contribution in [3.8, 4) is 0 Å². The molecule has 1 aromatic rings. The predicted octanol–water partition coefficient (Wildman–Crippen LogP) is 3.77. The van der Waals surface area contributed by atoms with Gasteiger partial charge in [0.2, 0.25) is 0 Å². The van der Waals surface area contributed by atoms with Crippen LogP contribution in [0.15, 0.2) is 24.3 Å². The van der Waals surface area contributed by atoms with Gasteiger partial charge < -0.3 is 5.32 Å². The zero-order chi connectivity index (χ0) is 14.5. The summed E-state index contributed by atoms with van der Waals surface area (Å²) in [6.45, 7) is 9.21. The molecule has 2 nitrogen and oxygen atoms in total. The Morgan fingerprint density at radius 2 is 1.90 bits per heavy atom. The summed E-state index contributed by atoms with van der Waals surface area (Å²) in [6, 6.07) is 9.92. The second-order valence-corrected chi connectivity index (χ2v) is 6.30. The van der Waals surface area contributed by atoms with E-state index in [-0.39, 0.29) is 0 Å². The average Bonchev–Trinajstić information content (AvgIpc) is 2.40. The molecule has 1 fully saturated rings. The van der Waals surface area contributed by atoms with Gasteiger partial charge >= 0.3 is 0 Å². The minimum absolute atomic E-state index is 0.413. The molecule has 0 aromatic heterocycles. The summed E-state index contributed by atoms with van der Waals surface area (Å²) < 4.78 is 0. The van der Waals surface area contributed by atoms with Gasteiger partial charge in [0.05, 0.1) is 0 Å². The van der Waals surface area contributed by atoms with Crippen LogP contribution in [0.25, 0.3) is 0 Å². The lowest BCUT2D eigenvalue weighted by Gasteiger charge is -2.38. The summed E-state index contributed by atoms with van der Waals surface area (Å²) in [7, 11) is 2.08. The van der Waals surface area contributed by atoms with Crippen molar-refractivity contribution >= 4 is 0 Å². The van der Waals surface area contributed by atoms with Gasteiger partial charge in [-0.2, -0.15) is 0 Å². The molecule has 2 rings (SSSR count). The smallest absolute Gasteiger partial charge is 0.0473 e. The van der Waals surface area contributed by atoms with Gasteiger partial charge in [-0.3, -0.25) is 4.90 Å². The molecule has 1 aliphatic carbocycles. The molecule has 0 heterocycles. The topological polar surface area (TPSA) is 15.3 Å². The standard InChI is InChI=1S/C18H30N2/c1-5-20(13-16-7-6-8-16)15(3)18(19-4)17-11-9-14(2)10-12-17/h9-12,15-16,18-19H,5-8,13H2,1-4H3. The van der Waals surface area contributed by atoms with Crippen LogP contribution in [0.3, 0.4) is 0 Å². The minimum atomic E-state index is 0.413. The molecule has 1 aliphatic rings. The maximum Gasteiger partial charge on any atom is 0.0473 e. The van der Waals surface area contributed by atoms with E-state index in [1.165, 1.54) is 36.9 Å². The molecule has 0 saturated heterocycles. The molecule has 1 saturated carbocycles. The Bertz CT molecular complexity index is 394. The third-order valence-electron chi connectivity index (χ3n) is 4.93. The Hall–Kier alpha value is -0.860. The van der Waals surface area contributed by atoms with E-state index in [1.807, 2.05) is 0 Å². The first kappa shape index (κ1) is 15.5. The van der Waals surface area contributed by atoms with Gasteiger partial charge in [0.25, 0.3) is 0 Å². The van der Waals surface area contributed by atoms with Gasteiger partial charge in [-0.1, -0.05) is 43.2 Å². The third-order valence-corrected chi connectivity index (χ3v) is 4.93. The minimum Gasteiger partial charge on any atom is -0.312 e. The Labute approximate surface area is 124 Å². The van der Waals surface area contributed by atoms with Crippen LogP contribution in [-0.4, -0.2) is 31.1 Å². The highest BCUT2D eigenvalue weighted by Gasteiger charge is 2.27. The predicted molar refractivity (Wildman–Crippen MR) is 87.0 cm³/mol. The highest BCUT2D eigenvalue weighted by Crippen LogP contribution is 2.29. The summed E-state index contributed by atoms with van der Waals surface area (Å²) >= 11 is 0. The fourth-order valence-electron chi connectivity index (χ4n) is 3.26. The molecule has 2 atom stereocenters. The molecule has 1 N–H and O–H groups in total. The van der Waals surface area contributed by atoms with Crippen LogP contribution in [0.5, 0.6) is 0 Å². The summed E-state index contributed by atoms with van der Waals surface area (Å²) in [5.41, 5.74) is 2.73. The number of nitrogens with one attached hydrogen (secondary N) is 1. The third kappa shape index (κ3) is 3.62. The van der Waals surface area contributed by atoms with Gasteiger partial charge in [-0.25, -0.2) is 0 Å². The molecule has 1 aromatic carbocycles. The molecule has 2 heteroatoms. The van der Waals surface area contributed by atoms with Crippen molar-refractivity contribution in [2.75, 3.05) is 20.1 Å². The van der Waals surface area contributed by atoms with Crippen molar-refractivity contribution in [1.82, 2.24) is 10.2 Å². The number of hydrogen-bond acceptors (Lipinski definition) is 2. The average molecular weight is 274 g/mol. The monoisotopic (exact) mass is 274 g/mol. The van der Waals surface area contributed by atoms with Gasteiger partial charge in [-0.05, 0) is 51.8 Å². The van der Waals surface area contributed by atoms with Crippen molar-refractivity contribution in [2.24, 2.45) is 5.92 Å². The first-order valence-corrected chi connectivity index (χ1v) is 8.13. The molecule has 0 radical (unpaired) electrons. The lowest BCUT2D eigenvalue weighted by Crippen LogP contribution is -2.45. The van der Waals surface area contributed by atoms with E-state index in [0.717, 1.165) is 12.5 Å². The molecule has 0 bridgehead atoms. The van der Waals surface area contributed by atoms with Crippen molar-refractivity contribution in [2.45, 2.75) is 52.1 Å². The Morgan fingerprint density at radius 1 is 1.25 bits per heavy atom. The normalized spacial score (nSPS) is 18.9. The molecule has 112 valence electrons. The quantitative estimate of drug-likeness (QED) is 0.814. The molecule has 0 aliphatic heterocycles. The zero-order valence-electron chi connectivity index (χ0n) is 13.5. The van der Waals surface area contributed by atoms with E-state index in [4.69, 9.17) is 0 Å². The number of nitrogens with zero attached hydrogens (tertiary/aromatic N) is 1. The Kier molecular flexibility index (Phi) is 5.62. The number of benzene rings is 1. The first-order valence-electron chi connectivity index (χ1n) is 8.13. The SMILES string of the molecule is CCN(CC1CCC1)C(C)C(NC)c1ccc(C)cc1. The molecule has 0 spiro atoms. The Morgan fingerprint density at radius 3 is 2.35 bits per heavy atom. The fraction of sp³-hybridized carbons (Fsp3) is 0.667. The Balaban J connectivity index is 2.05. The summed E-state index contributed by atoms with van der Waals surface area (Å²) in [5, 5.41) is 3.52. The lowest BCUT2D eigenvalue weighted by atomic mass is 9.84. The van der Waals surface area contributed by atoms with Gasteiger partial charge in [-0.15, -0.1) is 0 Å². The van der Waals surface area contributed by atoms with E-state index < -0.39 is 0 Å². The van der Waals surface area contributed by atoms with Crippen LogP contribution in [0.2, 0.25) is 0 Å². The summed E-state index contributed by atoms with van der Waals surface area (Å²) in [5.74, 6) is 0.938. The van der Waals surface area contributed by atoms with E-state index in [1.54, 1.807) is 0 Å². The van der Waals surface area contributed by atoms with E-state index in [2.05, 4.69) is 62.3 Å². The van der Waals surface area contributed by atoms with Crippen molar-refractivity contribution < 1.29 is 0 Å². The zero-order valence-corrected chi connectivity index (χ0v) is 13.5. The number of aryl methyl sites for hydroxylation is 1. The van der Waals surface area contributed by atoms with E-state index >= 15 is 0 Å². The first-order chi connectivity index (χ1) is 9.65. The number of likely N-dealkylation sites (N-methyl/N-ethyl adjacent to an activating group) is 2. The van der Waals surface area contributed by atoms with Crippen LogP contribution >= 0.6 is 0 Å². The lowest BCUT2D eigenvalue weighted by molar-refractivity contribution is 0.124. The molecule has 20 heavy (non-hydrogen) atoms. The van der Waals surface area contributed by atoms with Gasteiger partial charge in [0.15, 0.2) is 0 Å². The largest absolute Gasteiger partial charge is 0.312 e. The van der Waals surface area contributed by atoms with Crippen LogP contribution in [0.1, 0.15) is 50.3 Å². The van der Waals surface area contributed by atoms with Crippen molar-refractivity contribution in [1.29, 1.82) is 0 Å². The van der Waals surface area contributed by atoms with Crippen LogP contribution in [0, 0.1) is 12.8 Å². The molecular formula is C18H30N2. The maximum atomic E-state index is 3.52.